The molecule has 0 spiro atoms. The number of rotatable bonds is 4. The molecule has 86 valence electrons. The average Bonchev–Trinajstić information content (AvgIpc) is 2.38. The molecule has 2 aromatic rings. The number of benzene rings is 2. The van der Waals surface area contributed by atoms with Crippen LogP contribution in [0, 0.1) is 0 Å². The van der Waals surface area contributed by atoms with Gasteiger partial charge in [0.25, 0.3) is 0 Å². The molecule has 0 atom stereocenters. The Morgan fingerprint density at radius 2 is 1.65 bits per heavy atom. The maximum atomic E-state index is 10.5. The minimum atomic E-state index is -1.18. The van der Waals surface area contributed by atoms with Crippen LogP contribution in [0.3, 0.4) is 0 Å². The number of hydrogen-bond donors (Lipinski definition) is 0. The highest BCUT2D eigenvalue weighted by Crippen LogP contribution is 2.13. The second-order valence-electron chi connectivity index (χ2n) is 3.59. The molecule has 0 aliphatic heterocycles. The summed E-state index contributed by atoms with van der Waals surface area (Å²) >= 11 is 0. The summed E-state index contributed by atoms with van der Waals surface area (Å²) in [6.45, 7) is 0.464. The Morgan fingerprint density at radius 1 is 1.00 bits per heavy atom. The van der Waals surface area contributed by atoms with Gasteiger partial charge in [0.05, 0.1) is 5.97 Å². The lowest BCUT2D eigenvalue weighted by molar-refractivity contribution is -0.255. The van der Waals surface area contributed by atoms with Crippen LogP contribution in [0.2, 0.25) is 0 Å². The lowest BCUT2D eigenvalue weighted by Crippen LogP contribution is -2.21. The molecule has 0 heterocycles. The molecule has 17 heavy (non-hydrogen) atoms. The summed E-state index contributed by atoms with van der Waals surface area (Å²) in [5.74, 6) is -0.543. The molecule has 0 aromatic heterocycles. The molecule has 0 fully saturated rings. The molecule has 3 heteroatoms. The molecule has 0 bridgehead atoms. The van der Waals surface area contributed by atoms with E-state index in [0.29, 0.717) is 12.4 Å². The zero-order valence-corrected chi connectivity index (χ0v) is 9.13. The van der Waals surface area contributed by atoms with Gasteiger partial charge < -0.3 is 14.6 Å². The summed E-state index contributed by atoms with van der Waals surface area (Å²) in [6, 6.07) is 15.9. The van der Waals surface area contributed by atoms with Crippen molar-refractivity contribution in [2.45, 2.75) is 6.61 Å². The number of carbonyl (C=O) groups is 1. The number of carbonyl (C=O) groups excluding carboxylic acids is 1. The van der Waals surface area contributed by atoms with Gasteiger partial charge in [-0.3, -0.25) is 0 Å². The van der Waals surface area contributed by atoms with E-state index in [4.69, 9.17) is 4.74 Å². The van der Waals surface area contributed by atoms with E-state index in [1.807, 2.05) is 30.3 Å². The van der Waals surface area contributed by atoms with Crippen LogP contribution in [-0.2, 0) is 6.61 Å². The summed E-state index contributed by atoms with van der Waals surface area (Å²) in [5.41, 5.74) is 1.22. The molecule has 0 unspecified atom stereocenters. The highest BCUT2D eigenvalue weighted by atomic mass is 16.5. The maximum Gasteiger partial charge on any atom is 0.119 e. The SMILES string of the molecule is O=C([O-])c1ccc(OCc2ccccc2)cc1. The first-order chi connectivity index (χ1) is 8.25. The fourth-order valence-corrected chi connectivity index (χ4v) is 1.43. The van der Waals surface area contributed by atoms with Crippen molar-refractivity contribution in [2.75, 3.05) is 0 Å². The predicted molar refractivity (Wildman–Crippen MR) is 61.5 cm³/mol. The van der Waals surface area contributed by atoms with E-state index in [0.717, 1.165) is 5.56 Å². The van der Waals surface area contributed by atoms with Gasteiger partial charge in [-0.15, -0.1) is 0 Å². The monoisotopic (exact) mass is 227 g/mol. The summed E-state index contributed by atoms with van der Waals surface area (Å²) in [4.78, 5) is 10.5. The van der Waals surface area contributed by atoms with Crippen LogP contribution in [0.25, 0.3) is 0 Å². The minimum absolute atomic E-state index is 0.150. The van der Waals surface area contributed by atoms with Gasteiger partial charge in [-0.2, -0.15) is 0 Å². The Hall–Kier alpha value is -2.29. The number of ether oxygens (including phenoxy) is 1. The van der Waals surface area contributed by atoms with E-state index >= 15 is 0 Å². The van der Waals surface area contributed by atoms with Crippen molar-refractivity contribution >= 4 is 5.97 Å². The molecule has 0 N–H and O–H groups in total. The Morgan fingerprint density at radius 3 is 2.24 bits per heavy atom. The van der Waals surface area contributed by atoms with Gasteiger partial charge in [0.2, 0.25) is 0 Å². The summed E-state index contributed by atoms with van der Waals surface area (Å²) in [6.07, 6.45) is 0. The number of aromatic carboxylic acids is 1. The van der Waals surface area contributed by atoms with Gasteiger partial charge >= 0.3 is 0 Å². The van der Waals surface area contributed by atoms with Gasteiger partial charge in [-0.1, -0.05) is 30.3 Å². The van der Waals surface area contributed by atoms with Crippen molar-refractivity contribution in [3.05, 3.63) is 65.7 Å². The van der Waals surface area contributed by atoms with Crippen molar-refractivity contribution < 1.29 is 14.6 Å². The first-order valence-corrected chi connectivity index (χ1v) is 5.24. The standard InChI is InChI=1S/C14H12O3/c15-14(16)12-6-8-13(9-7-12)17-10-11-4-2-1-3-5-11/h1-9H,10H2,(H,15,16)/p-1. The Bertz CT molecular complexity index is 489. The van der Waals surface area contributed by atoms with Gasteiger partial charge in [0, 0.05) is 0 Å². The second kappa shape index (κ2) is 5.16. The molecule has 0 saturated heterocycles. The molecule has 0 radical (unpaired) electrons. The summed E-state index contributed by atoms with van der Waals surface area (Å²) in [5, 5.41) is 10.5. The van der Waals surface area contributed by atoms with Crippen molar-refractivity contribution in [1.29, 1.82) is 0 Å². The normalized spacial score (nSPS) is 9.88. The third kappa shape index (κ3) is 3.08. The van der Waals surface area contributed by atoms with Crippen LogP contribution in [0.1, 0.15) is 15.9 Å². The molecule has 2 aromatic carbocycles. The van der Waals surface area contributed by atoms with Crippen LogP contribution in [0.4, 0.5) is 0 Å². The zero-order chi connectivity index (χ0) is 12.1. The van der Waals surface area contributed by atoms with E-state index in [1.54, 1.807) is 12.1 Å². The minimum Gasteiger partial charge on any atom is -0.545 e. The van der Waals surface area contributed by atoms with Crippen molar-refractivity contribution in [3.63, 3.8) is 0 Å². The van der Waals surface area contributed by atoms with Crippen LogP contribution < -0.4 is 9.84 Å². The average molecular weight is 227 g/mol. The van der Waals surface area contributed by atoms with Crippen molar-refractivity contribution in [1.82, 2.24) is 0 Å². The third-order valence-electron chi connectivity index (χ3n) is 2.34. The quantitative estimate of drug-likeness (QED) is 0.797. The van der Waals surface area contributed by atoms with Gasteiger partial charge in [0.1, 0.15) is 12.4 Å². The summed E-state index contributed by atoms with van der Waals surface area (Å²) in [7, 11) is 0. The maximum absolute atomic E-state index is 10.5. The molecular formula is C14H11O3-. The first-order valence-electron chi connectivity index (χ1n) is 5.24. The Labute approximate surface area is 99.3 Å². The van der Waals surface area contributed by atoms with Gasteiger partial charge in [-0.05, 0) is 35.4 Å². The van der Waals surface area contributed by atoms with Crippen molar-refractivity contribution in [2.24, 2.45) is 0 Å². The summed E-state index contributed by atoms with van der Waals surface area (Å²) < 4.78 is 5.51. The zero-order valence-electron chi connectivity index (χ0n) is 9.13. The molecule has 0 amide bonds. The number of carboxylic acids is 1. The molecule has 0 aliphatic rings. The second-order valence-corrected chi connectivity index (χ2v) is 3.59. The van der Waals surface area contributed by atoms with E-state index < -0.39 is 5.97 Å². The highest BCUT2D eigenvalue weighted by molar-refractivity contribution is 5.85. The van der Waals surface area contributed by atoms with Gasteiger partial charge in [0.15, 0.2) is 0 Å². The predicted octanol–water partition coefficient (Wildman–Crippen LogP) is 1.63. The molecular weight excluding hydrogens is 216 g/mol. The van der Waals surface area contributed by atoms with E-state index in [-0.39, 0.29) is 5.56 Å². The first kappa shape index (κ1) is 11.2. The molecule has 0 aliphatic carbocycles. The highest BCUT2D eigenvalue weighted by Gasteiger charge is 1.97. The Balaban J connectivity index is 1.98. The van der Waals surface area contributed by atoms with Crippen LogP contribution in [0.15, 0.2) is 54.6 Å². The fraction of sp³-hybridized carbons (Fsp3) is 0.0714. The molecule has 2 rings (SSSR count). The topological polar surface area (TPSA) is 49.4 Å². The van der Waals surface area contributed by atoms with E-state index in [2.05, 4.69) is 0 Å². The van der Waals surface area contributed by atoms with Crippen LogP contribution in [0.5, 0.6) is 5.75 Å². The largest absolute Gasteiger partial charge is 0.545 e. The lowest BCUT2D eigenvalue weighted by atomic mass is 10.2. The lowest BCUT2D eigenvalue weighted by Gasteiger charge is -2.07. The smallest absolute Gasteiger partial charge is 0.119 e. The van der Waals surface area contributed by atoms with E-state index in [9.17, 15) is 9.90 Å². The molecule has 3 nitrogen and oxygen atoms in total. The van der Waals surface area contributed by atoms with Crippen LogP contribution >= 0.6 is 0 Å². The third-order valence-corrected chi connectivity index (χ3v) is 2.34. The van der Waals surface area contributed by atoms with Gasteiger partial charge in [-0.25, -0.2) is 0 Å². The Kier molecular flexibility index (Phi) is 3.40. The van der Waals surface area contributed by atoms with Crippen molar-refractivity contribution in [3.8, 4) is 5.75 Å². The van der Waals surface area contributed by atoms with Crippen LogP contribution in [-0.4, -0.2) is 5.97 Å². The fourth-order valence-electron chi connectivity index (χ4n) is 1.43. The molecule has 0 saturated carbocycles. The number of hydrogen-bond acceptors (Lipinski definition) is 3. The van der Waals surface area contributed by atoms with E-state index in [1.165, 1.54) is 12.1 Å². The number of carboxylic acid groups (broad SMARTS) is 1.